The van der Waals surface area contributed by atoms with Crippen LogP contribution in [0.1, 0.15) is 24.3 Å². The summed E-state index contributed by atoms with van der Waals surface area (Å²) < 4.78 is 10.7. The molecule has 16 heavy (non-hydrogen) atoms. The lowest BCUT2D eigenvalue weighted by atomic mass is 9.92. The predicted molar refractivity (Wildman–Crippen MR) is 61.8 cm³/mol. The molecule has 88 valence electrons. The van der Waals surface area contributed by atoms with Gasteiger partial charge in [0.15, 0.2) is 0 Å². The zero-order valence-corrected chi connectivity index (χ0v) is 9.39. The molecule has 1 aliphatic rings. The zero-order valence-electron chi connectivity index (χ0n) is 9.39. The normalized spacial score (nSPS) is 17.3. The summed E-state index contributed by atoms with van der Waals surface area (Å²) in [5.74, 6) is 1.45. The average Bonchev–Trinajstić information content (AvgIpc) is 2.38. The van der Waals surface area contributed by atoms with Crippen LogP contribution in [-0.4, -0.2) is 31.5 Å². The van der Waals surface area contributed by atoms with Crippen LogP contribution in [-0.2, 0) is 4.74 Å². The van der Waals surface area contributed by atoms with Crippen LogP contribution >= 0.6 is 0 Å². The van der Waals surface area contributed by atoms with E-state index in [0.29, 0.717) is 12.5 Å². The molecule has 0 aromatic heterocycles. The van der Waals surface area contributed by atoms with Crippen molar-refractivity contribution in [1.82, 2.24) is 0 Å². The summed E-state index contributed by atoms with van der Waals surface area (Å²) in [4.78, 5) is 0. The molecule has 1 fully saturated rings. The summed E-state index contributed by atoms with van der Waals surface area (Å²) in [6, 6.07) is 8.17. The largest absolute Gasteiger partial charge is 0.491 e. The number of hydrogen-bond acceptors (Lipinski definition) is 3. The van der Waals surface area contributed by atoms with Gasteiger partial charge in [-0.25, -0.2) is 0 Å². The Labute approximate surface area is 96.0 Å². The first-order valence-corrected chi connectivity index (χ1v) is 5.81. The highest BCUT2D eigenvalue weighted by molar-refractivity contribution is 5.29. The first-order chi connectivity index (χ1) is 7.90. The van der Waals surface area contributed by atoms with Gasteiger partial charge in [0.1, 0.15) is 12.4 Å². The molecule has 1 aromatic carbocycles. The molecule has 0 unspecified atom stereocenters. The van der Waals surface area contributed by atoms with Crippen LogP contribution in [0.15, 0.2) is 24.3 Å². The SMILES string of the molecule is OCCOc1ccc(C2CCOCC2)cc1. The van der Waals surface area contributed by atoms with Gasteiger partial charge in [-0.05, 0) is 36.5 Å². The molecule has 0 atom stereocenters. The highest BCUT2D eigenvalue weighted by Crippen LogP contribution is 2.27. The minimum Gasteiger partial charge on any atom is -0.491 e. The molecule has 0 spiro atoms. The van der Waals surface area contributed by atoms with Crippen LogP contribution in [0.5, 0.6) is 5.75 Å². The number of hydrogen-bond donors (Lipinski definition) is 1. The molecule has 1 heterocycles. The van der Waals surface area contributed by atoms with Crippen molar-refractivity contribution >= 4 is 0 Å². The van der Waals surface area contributed by atoms with Gasteiger partial charge < -0.3 is 14.6 Å². The van der Waals surface area contributed by atoms with Crippen molar-refractivity contribution in [2.24, 2.45) is 0 Å². The van der Waals surface area contributed by atoms with Crippen molar-refractivity contribution in [3.8, 4) is 5.75 Å². The fourth-order valence-corrected chi connectivity index (χ4v) is 2.03. The maximum Gasteiger partial charge on any atom is 0.119 e. The Hall–Kier alpha value is -1.06. The minimum atomic E-state index is 0.0573. The molecule has 0 bridgehead atoms. The van der Waals surface area contributed by atoms with Crippen molar-refractivity contribution in [2.75, 3.05) is 26.4 Å². The molecule has 1 aromatic rings. The molecule has 0 aliphatic carbocycles. The molecule has 1 N–H and O–H groups in total. The highest BCUT2D eigenvalue weighted by atomic mass is 16.5. The monoisotopic (exact) mass is 222 g/mol. The predicted octanol–water partition coefficient (Wildman–Crippen LogP) is 1.95. The maximum absolute atomic E-state index is 8.65. The van der Waals surface area contributed by atoms with Crippen LogP contribution in [0.4, 0.5) is 0 Å². The van der Waals surface area contributed by atoms with Gasteiger partial charge in [-0.3, -0.25) is 0 Å². The number of benzene rings is 1. The van der Waals surface area contributed by atoms with E-state index >= 15 is 0 Å². The first-order valence-electron chi connectivity index (χ1n) is 5.81. The van der Waals surface area contributed by atoms with Crippen molar-refractivity contribution in [3.63, 3.8) is 0 Å². The van der Waals surface area contributed by atoms with Crippen LogP contribution in [0.3, 0.4) is 0 Å². The van der Waals surface area contributed by atoms with Gasteiger partial charge in [0.2, 0.25) is 0 Å². The molecule has 2 rings (SSSR count). The Morgan fingerprint density at radius 2 is 1.88 bits per heavy atom. The average molecular weight is 222 g/mol. The second-order valence-corrected chi connectivity index (χ2v) is 4.03. The summed E-state index contributed by atoms with van der Waals surface area (Å²) in [6.07, 6.45) is 2.22. The van der Waals surface area contributed by atoms with Crippen molar-refractivity contribution in [3.05, 3.63) is 29.8 Å². The molecule has 1 saturated heterocycles. The standard InChI is InChI=1S/C13H18O3/c14-7-10-16-13-3-1-11(2-4-13)12-5-8-15-9-6-12/h1-4,12,14H,5-10H2. The van der Waals surface area contributed by atoms with Crippen LogP contribution in [0, 0.1) is 0 Å². The van der Waals surface area contributed by atoms with E-state index in [-0.39, 0.29) is 6.61 Å². The fourth-order valence-electron chi connectivity index (χ4n) is 2.03. The second kappa shape index (κ2) is 5.87. The minimum absolute atomic E-state index is 0.0573. The van der Waals surface area contributed by atoms with Gasteiger partial charge in [0.05, 0.1) is 6.61 Å². The van der Waals surface area contributed by atoms with Crippen molar-refractivity contribution in [1.29, 1.82) is 0 Å². The summed E-state index contributed by atoms with van der Waals surface area (Å²) in [7, 11) is 0. The molecule has 0 amide bonds. The lowest BCUT2D eigenvalue weighted by Crippen LogP contribution is -2.13. The van der Waals surface area contributed by atoms with E-state index in [0.717, 1.165) is 31.8 Å². The Morgan fingerprint density at radius 1 is 1.19 bits per heavy atom. The van der Waals surface area contributed by atoms with Gasteiger partial charge in [-0.2, -0.15) is 0 Å². The molecule has 3 heteroatoms. The molecular weight excluding hydrogens is 204 g/mol. The topological polar surface area (TPSA) is 38.7 Å². The number of aliphatic hydroxyl groups is 1. The molecular formula is C13H18O3. The van der Waals surface area contributed by atoms with Gasteiger partial charge in [-0.15, -0.1) is 0 Å². The van der Waals surface area contributed by atoms with E-state index < -0.39 is 0 Å². The third kappa shape index (κ3) is 2.97. The number of aliphatic hydroxyl groups excluding tert-OH is 1. The van der Waals surface area contributed by atoms with E-state index in [1.54, 1.807) is 0 Å². The summed E-state index contributed by atoms with van der Waals surface area (Å²) >= 11 is 0. The quantitative estimate of drug-likeness (QED) is 0.846. The first kappa shape index (κ1) is 11.4. The Bertz CT molecular complexity index is 301. The third-order valence-corrected chi connectivity index (χ3v) is 2.93. The summed E-state index contributed by atoms with van der Waals surface area (Å²) in [5.41, 5.74) is 1.36. The zero-order chi connectivity index (χ0) is 11.2. The second-order valence-electron chi connectivity index (χ2n) is 4.03. The van der Waals surface area contributed by atoms with Gasteiger partial charge in [0, 0.05) is 13.2 Å². The molecule has 1 aliphatic heterocycles. The van der Waals surface area contributed by atoms with Crippen LogP contribution in [0.2, 0.25) is 0 Å². The van der Waals surface area contributed by atoms with Crippen molar-refractivity contribution < 1.29 is 14.6 Å². The summed E-state index contributed by atoms with van der Waals surface area (Å²) in [6.45, 7) is 2.15. The molecule has 3 nitrogen and oxygen atoms in total. The third-order valence-electron chi connectivity index (χ3n) is 2.93. The Morgan fingerprint density at radius 3 is 2.50 bits per heavy atom. The van der Waals surface area contributed by atoms with E-state index in [4.69, 9.17) is 14.6 Å². The van der Waals surface area contributed by atoms with Crippen LogP contribution in [0.25, 0.3) is 0 Å². The van der Waals surface area contributed by atoms with Crippen molar-refractivity contribution in [2.45, 2.75) is 18.8 Å². The number of rotatable bonds is 4. The van der Waals surface area contributed by atoms with E-state index in [1.807, 2.05) is 12.1 Å². The lowest BCUT2D eigenvalue weighted by Gasteiger charge is -2.22. The Balaban J connectivity index is 1.95. The number of ether oxygens (including phenoxy) is 2. The smallest absolute Gasteiger partial charge is 0.119 e. The fraction of sp³-hybridized carbons (Fsp3) is 0.538. The Kier molecular flexibility index (Phi) is 4.19. The summed E-state index contributed by atoms with van der Waals surface area (Å²) in [5, 5.41) is 8.65. The lowest BCUT2D eigenvalue weighted by molar-refractivity contribution is 0.0853. The van der Waals surface area contributed by atoms with E-state index in [9.17, 15) is 0 Å². The van der Waals surface area contributed by atoms with Gasteiger partial charge in [-0.1, -0.05) is 12.1 Å². The van der Waals surface area contributed by atoms with Gasteiger partial charge in [0.25, 0.3) is 0 Å². The van der Waals surface area contributed by atoms with E-state index in [1.165, 1.54) is 5.56 Å². The molecule has 0 radical (unpaired) electrons. The highest BCUT2D eigenvalue weighted by Gasteiger charge is 2.15. The van der Waals surface area contributed by atoms with Gasteiger partial charge >= 0.3 is 0 Å². The van der Waals surface area contributed by atoms with E-state index in [2.05, 4.69) is 12.1 Å². The maximum atomic E-state index is 8.65. The molecule has 0 saturated carbocycles. The van der Waals surface area contributed by atoms with Crippen LogP contribution < -0.4 is 4.74 Å².